The van der Waals surface area contributed by atoms with Gasteiger partial charge >= 0.3 is 0 Å². The normalized spacial score (nSPS) is 11.2. The van der Waals surface area contributed by atoms with E-state index in [9.17, 15) is 15.8 Å². The fourth-order valence-electron chi connectivity index (χ4n) is 10.5. The molecule has 3 heterocycles. The van der Waals surface area contributed by atoms with Crippen LogP contribution in [0.25, 0.3) is 123 Å². The van der Waals surface area contributed by atoms with Gasteiger partial charge in [0.05, 0.1) is 57.0 Å². The highest BCUT2D eigenvalue weighted by Crippen LogP contribution is 2.42. The molecule has 0 aliphatic rings. The first-order valence-electron chi connectivity index (χ1n) is 24.2. The van der Waals surface area contributed by atoms with Gasteiger partial charge in [-0.15, -0.1) is 0 Å². The summed E-state index contributed by atoms with van der Waals surface area (Å²) in [5.74, 6) is 1.26. The number of hydrogen-bond donors (Lipinski definition) is 0. The minimum Gasteiger partial charge on any atom is -0.309 e. The molecule has 74 heavy (non-hydrogen) atoms. The number of benzene rings is 10. The quantitative estimate of drug-likeness (QED) is 0.150. The maximum Gasteiger partial charge on any atom is 0.164 e. The van der Waals surface area contributed by atoms with Crippen molar-refractivity contribution in [3.8, 4) is 97.1 Å². The molecule has 0 N–H and O–H groups in total. The van der Waals surface area contributed by atoms with Crippen molar-refractivity contribution in [3.63, 3.8) is 0 Å². The van der Waals surface area contributed by atoms with Crippen LogP contribution in [0.2, 0.25) is 0 Å². The van der Waals surface area contributed by atoms with E-state index in [4.69, 9.17) is 15.0 Å². The maximum absolute atomic E-state index is 10.2. The molecule has 0 aliphatic heterocycles. The Morgan fingerprint density at radius 1 is 0.270 bits per heavy atom. The monoisotopic (exact) mass is 942 g/mol. The Morgan fingerprint density at radius 2 is 0.581 bits per heavy atom. The Morgan fingerprint density at radius 3 is 0.946 bits per heavy atom. The number of aromatic nitrogens is 5. The second kappa shape index (κ2) is 17.9. The minimum absolute atomic E-state index is 0.417. The first-order valence-corrected chi connectivity index (χ1v) is 24.2. The highest BCUT2D eigenvalue weighted by molar-refractivity contribution is 6.10. The second-order valence-corrected chi connectivity index (χ2v) is 18.1. The molecule has 0 saturated heterocycles. The summed E-state index contributed by atoms with van der Waals surface area (Å²) in [4.78, 5) is 16.3. The molecule has 13 rings (SSSR count). The van der Waals surface area contributed by atoms with Crippen LogP contribution < -0.4 is 0 Å². The zero-order valence-corrected chi connectivity index (χ0v) is 39.5. The third kappa shape index (κ3) is 7.33. The van der Waals surface area contributed by atoms with Gasteiger partial charge in [0, 0.05) is 49.6 Å². The molecule has 10 aromatic carbocycles. The molecule has 0 aliphatic carbocycles. The number of fused-ring (bicyclic) bond motifs is 6. The lowest BCUT2D eigenvalue weighted by Crippen LogP contribution is -2.04. The van der Waals surface area contributed by atoms with Crippen molar-refractivity contribution in [3.05, 3.63) is 247 Å². The van der Waals surface area contributed by atoms with E-state index >= 15 is 0 Å². The summed E-state index contributed by atoms with van der Waals surface area (Å²) in [6.07, 6.45) is 0. The number of rotatable bonds is 8. The zero-order valence-electron chi connectivity index (χ0n) is 39.5. The lowest BCUT2D eigenvalue weighted by molar-refractivity contribution is 1.07. The van der Waals surface area contributed by atoms with Gasteiger partial charge in [-0.25, -0.2) is 15.0 Å². The van der Waals surface area contributed by atoms with Crippen LogP contribution in [-0.4, -0.2) is 24.1 Å². The zero-order chi connectivity index (χ0) is 49.7. The van der Waals surface area contributed by atoms with Gasteiger partial charge in [-0.2, -0.15) is 15.8 Å². The Balaban J connectivity index is 1.10. The van der Waals surface area contributed by atoms with E-state index < -0.39 is 0 Å². The van der Waals surface area contributed by atoms with Crippen molar-refractivity contribution in [1.82, 2.24) is 24.1 Å². The van der Waals surface area contributed by atoms with Gasteiger partial charge in [0.2, 0.25) is 0 Å². The minimum atomic E-state index is 0.417. The molecule has 0 radical (unpaired) electrons. The number of hydrogen-bond acceptors (Lipinski definition) is 6. The summed E-state index contributed by atoms with van der Waals surface area (Å²) in [7, 11) is 0. The van der Waals surface area contributed by atoms with E-state index in [1.165, 1.54) is 0 Å². The molecular weight excluding hydrogens is 905 g/mol. The summed E-state index contributed by atoms with van der Waals surface area (Å²) < 4.78 is 4.56. The second-order valence-electron chi connectivity index (χ2n) is 18.1. The van der Waals surface area contributed by atoms with Gasteiger partial charge in [-0.1, -0.05) is 133 Å². The molecule has 3 aromatic heterocycles. The van der Waals surface area contributed by atoms with E-state index in [0.717, 1.165) is 105 Å². The largest absolute Gasteiger partial charge is 0.309 e. The number of nitrogens with zero attached hydrogens (tertiary/aromatic N) is 8. The lowest BCUT2D eigenvalue weighted by atomic mass is 9.95. The Labute approximate surface area is 425 Å². The lowest BCUT2D eigenvalue weighted by Gasteiger charge is -2.18. The van der Waals surface area contributed by atoms with Crippen molar-refractivity contribution >= 4 is 43.6 Å². The van der Waals surface area contributed by atoms with Gasteiger partial charge in [0.1, 0.15) is 0 Å². The number of nitriles is 3. The molecule has 0 fully saturated rings. The molecule has 0 atom stereocenters. The predicted octanol–water partition coefficient (Wildman–Crippen LogP) is 15.7. The van der Waals surface area contributed by atoms with Gasteiger partial charge in [0.15, 0.2) is 17.5 Å². The van der Waals surface area contributed by atoms with E-state index in [0.29, 0.717) is 34.2 Å². The van der Waals surface area contributed by atoms with Crippen LogP contribution in [0.3, 0.4) is 0 Å². The fraction of sp³-hybridized carbons (Fsp3) is 0. The molecule has 0 saturated carbocycles. The third-order valence-corrected chi connectivity index (χ3v) is 13.9. The molecule has 13 aromatic rings. The molecule has 8 heteroatoms. The van der Waals surface area contributed by atoms with Crippen LogP contribution in [0.5, 0.6) is 0 Å². The van der Waals surface area contributed by atoms with Crippen LogP contribution in [-0.2, 0) is 0 Å². The van der Waals surface area contributed by atoms with E-state index in [1.54, 1.807) is 6.07 Å². The number of para-hydroxylation sites is 4. The summed E-state index contributed by atoms with van der Waals surface area (Å²) in [5, 5.41) is 35.0. The van der Waals surface area contributed by atoms with Crippen molar-refractivity contribution in [2.75, 3.05) is 0 Å². The Hall–Kier alpha value is -10.7. The molecule has 8 nitrogen and oxygen atoms in total. The van der Waals surface area contributed by atoms with E-state index in [-0.39, 0.29) is 0 Å². The average Bonchev–Trinajstić information content (AvgIpc) is 4.01. The fourth-order valence-corrected chi connectivity index (χ4v) is 10.5. The highest BCUT2D eigenvalue weighted by Gasteiger charge is 2.23. The SMILES string of the molecule is N#Cc1cccc(-c2ccccc2-c2nc(-c3ccc(-n4c5ccccc5c5ccccc54)cc3-c3cccc(C#N)c3)nc(-c3ccc(-n4c5ccccc5c5ccccc54)cc3-c3cccc(C#N)c3)n2)c1. The average molecular weight is 943 g/mol. The third-order valence-electron chi connectivity index (χ3n) is 13.9. The van der Waals surface area contributed by atoms with Crippen molar-refractivity contribution < 1.29 is 0 Å². The van der Waals surface area contributed by atoms with Crippen LogP contribution in [0.1, 0.15) is 16.7 Å². The van der Waals surface area contributed by atoms with Crippen LogP contribution >= 0.6 is 0 Å². The molecule has 0 bridgehead atoms. The molecule has 342 valence electrons. The smallest absolute Gasteiger partial charge is 0.164 e. The predicted molar refractivity (Wildman–Crippen MR) is 295 cm³/mol. The van der Waals surface area contributed by atoms with E-state index in [2.05, 4.69) is 161 Å². The van der Waals surface area contributed by atoms with Gasteiger partial charge in [-0.05, 0) is 130 Å². The topological polar surface area (TPSA) is 120 Å². The van der Waals surface area contributed by atoms with Crippen LogP contribution in [0, 0.1) is 34.0 Å². The first-order chi connectivity index (χ1) is 36.5. The van der Waals surface area contributed by atoms with Gasteiger partial charge in [-0.3, -0.25) is 0 Å². The Kier molecular flexibility index (Phi) is 10.5. The maximum atomic E-state index is 10.2. The highest BCUT2D eigenvalue weighted by atomic mass is 15.0. The summed E-state index contributed by atoms with van der Waals surface area (Å²) >= 11 is 0. The molecule has 0 amide bonds. The molecular formula is C66H38N8. The standard InChI is InChI=1S/C66H38N8/c67-39-42-14-11-17-45(34-42)50-20-1-2-25-55(50)64-70-65(56-32-30-48(37-58(56)46-18-12-15-43(35-46)40-68)73-60-26-7-3-21-51(60)52-22-4-8-27-61(52)73)72-66(71-64)57-33-31-49(38-59(57)47-19-13-16-44(36-47)41-69)74-62-28-9-5-23-53(62)54-24-6-10-29-63(54)74/h1-38H. The first kappa shape index (κ1) is 43.3. The van der Waals surface area contributed by atoms with Gasteiger partial charge in [0.25, 0.3) is 0 Å². The summed E-state index contributed by atoms with van der Waals surface area (Å²) in [5.41, 5.74) is 14.9. The molecule has 0 spiro atoms. The summed E-state index contributed by atoms with van der Waals surface area (Å²) in [6.45, 7) is 0. The Bertz CT molecular complexity index is 4210. The van der Waals surface area contributed by atoms with Crippen molar-refractivity contribution in [1.29, 1.82) is 15.8 Å². The molecule has 0 unspecified atom stereocenters. The summed E-state index contributed by atoms with van der Waals surface area (Å²) in [6, 6.07) is 84.2. The van der Waals surface area contributed by atoms with E-state index in [1.807, 2.05) is 91.0 Å². The van der Waals surface area contributed by atoms with Crippen molar-refractivity contribution in [2.45, 2.75) is 0 Å². The van der Waals surface area contributed by atoms with Gasteiger partial charge < -0.3 is 9.13 Å². The van der Waals surface area contributed by atoms with Crippen LogP contribution in [0.15, 0.2) is 231 Å². The van der Waals surface area contributed by atoms with Crippen molar-refractivity contribution in [2.24, 2.45) is 0 Å². The van der Waals surface area contributed by atoms with Crippen LogP contribution in [0.4, 0.5) is 0 Å².